The van der Waals surface area contributed by atoms with Crippen molar-refractivity contribution in [3.8, 4) is 11.8 Å². The molecule has 5 heteroatoms. The maximum atomic E-state index is 6.19. The van der Waals surface area contributed by atoms with Crippen molar-refractivity contribution in [2.75, 3.05) is 14.2 Å². The van der Waals surface area contributed by atoms with Crippen molar-refractivity contribution in [2.24, 2.45) is 5.73 Å². The van der Waals surface area contributed by atoms with Crippen LogP contribution in [0.25, 0.3) is 0 Å². The molecule has 0 saturated heterocycles. The summed E-state index contributed by atoms with van der Waals surface area (Å²) in [4.78, 5) is 8.49. The Bertz CT molecular complexity index is 546. The second kappa shape index (κ2) is 6.86. The molecule has 1 atom stereocenters. The molecule has 0 bridgehead atoms. The van der Waals surface area contributed by atoms with Gasteiger partial charge in [0.05, 0.1) is 26.5 Å². The molecule has 0 spiro atoms. The monoisotopic (exact) mass is 273 g/mol. The molecule has 0 amide bonds. The highest BCUT2D eigenvalue weighted by Gasteiger charge is 2.16. The summed E-state index contributed by atoms with van der Waals surface area (Å²) in [6.07, 6.45) is 3.22. The van der Waals surface area contributed by atoms with Crippen LogP contribution in [0.3, 0.4) is 0 Å². The zero-order valence-corrected chi connectivity index (χ0v) is 11.7. The minimum Gasteiger partial charge on any atom is -0.480 e. The molecule has 2 aromatic rings. The third kappa shape index (κ3) is 3.45. The average Bonchev–Trinajstić information content (AvgIpc) is 2.52. The van der Waals surface area contributed by atoms with Gasteiger partial charge in [0, 0.05) is 0 Å². The van der Waals surface area contributed by atoms with Crippen molar-refractivity contribution in [3.63, 3.8) is 0 Å². The minimum atomic E-state index is -0.219. The molecule has 1 heterocycles. The van der Waals surface area contributed by atoms with Crippen LogP contribution in [-0.4, -0.2) is 24.2 Å². The zero-order chi connectivity index (χ0) is 14.4. The largest absolute Gasteiger partial charge is 0.480 e. The highest BCUT2D eigenvalue weighted by Crippen LogP contribution is 2.24. The zero-order valence-electron chi connectivity index (χ0n) is 11.7. The van der Waals surface area contributed by atoms with E-state index in [1.807, 2.05) is 18.2 Å². The Labute approximate surface area is 118 Å². The first-order valence-electron chi connectivity index (χ1n) is 6.49. The first-order chi connectivity index (χ1) is 9.74. The molecule has 106 valence electrons. The van der Waals surface area contributed by atoms with E-state index < -0.39 is 0 Å². The molecule has 0 saturated carbocycles. The molecule has 5 nitrogen and oxygen atoms in total. The highest BCUT2D eigenvalue weighted by atomic mass is 16.5. The average molecular weight is 273 g/mol. The normalized spacial score (nSPS) is 11.9. The predicted molar refractivity (Wildman–Crippen MR) is 76.8 cm³/mol. The molecule has 1 aromatic carbocycles. The van der Waals surface area contributed by atoms with Crippen molar-refractivity contribution >= 4 is 0 Å². The summed E-state index contributed by atoms with van der Waals surface area (Å²) in [5, 5.41) is 0. The molecule has 2 rings (SSSR count). The quantitative estimate of drug-likeness (QED) is 0.873. The topological polar surface area (TPSA) is 70.3 Å². The van der Waals surface area contributed by atoms with Gasteiger partial charge in [0.1, 0.15) is 5.69 Å². The summed E-state index contributed by atoms with van der Waals surface area (Å²) >= 11 is 0. The van der Waals surface area contributed by atoms with Crippen LogP contribution >= 0.6 is 0 Å². The molecular formula is C15H19N3O2. The Kier molecular flexibility index (Phi) is 4.90. The van der Waals surface area contributed by atoms with Gasteiger partial charge in [0.15, 0.2) is 0 Å². The summed E-state index contributed by atoms with van der Waals surface area (Å²) < 4.78 is 10.3. The molecule has 2 N–H and O–H groups in total. The van der Waals surface area contributed by atoms with Gasteiger partial charge < -0.3 is 15.2 Å². The number of nitrogens with two attached hydrogens (primary N) is 1. The molecule has 1 aromatic heterocycles. The first-order valence-corrected chi connectivity index (χ1v) is 6.49. The number of aryl methyl sites for hydroxylation is 1. The molecule has 0 fully saturated rings. The Morgan fingerprint density at radius 3 is 2.55 bits per heavy atom. The van der Waals surface area contributed by atoms with Gasteiger partial charge in [-0.25, -0.2) is 4.98 Å². The van der Waals surface area contributed by atoms with E-state index in [0.29, 0.717) is 17.5 Å². The lowest BCUT2D eigenvalue weighted by molar-refractivity contribution is 0.352. The summed E-state index contributed by atoms with van der Waals surface area (Å²) in [5.74, 6) is 0.839. The highest BCUT2D eigenvalue weighted by molar-refractivity contribution is 5.26. The van der Waals surface area contributed by atoms with E-state index in [1.165, 1.54) is 5.56 Å². The number of hydrogen-bond donors (Lipinski definition) is 1. The maximum absolute atomic E-state index is 6.19. The van der Waals surface area contributed by atoms with Gasteiger partial charge in [-0.05, 0) is 18.4 Å². The first kappa shape index (κ1) is 14.3. The third-order valence-electron chi connectivity index (χ3n) is 3.09. The van der Waals surface area contributed by atoms with Gasteiger partial charge in [0.2, 0.25) is 11.8 Å². The van der Waals surface area contributed by atoms with Crippen molar-refractivity contribution < 1.29 is 9.47 Å². The standard InChI is InChI=1S/C15H19N3O2/c1-19-13-10-17-14(15(18-13)20-2)12(16)9-8-11-6-4-3-5-7-11/h3-7,10,12H,8-9,16H2,1-2H3. The van der Waals surface area contributed by atoms with E-state index in [0.717, 1.165) is 12.8 Å². The number of hydrogen-bond acceptors (Lipinski definition) is 5. The fourth-order valence-corrected chi connectivity index (χ4v) is 1.97. The van der Waals surface area contributed by atoms with Crippen LogP contribution in [-0.2, 0) is 6.42 Å². The fourth-order valence-electron chi connectivity index (χ4n) is 1.97. The van der Waals surface area contributed by atoms with Crippen LogP contribution < -0.4 is 15.2 Å². The minimum absolute atomic E-state index is 0.219. The Morgan fingerprint density at radius 2 is 1.90 bits per heavy atom. The molecule has 0 aliphatic rings. The fraction of sp³-hybridized carbons (Fsp3) is 0.333. The second-order valence-corrected chi connectivity index (χ2v) is 4.44. The van der Waals surface area contributed by atoms with Crippen LogP contribution in [0, 0.1) is 0 Å². The van der Waals surface area contributed by atoms with Gasteiger partial charge in [-0.1, -0.05) is 30.3 Å². The summed E-state index contributed by atoms with van der Waals surface area (Å²) in [6, 6.07) is 10.0. The van der Waals surface area contributed by atoms with Crippen LogP contribution in [0.5, 0.6) is 11.8 Å². The van der Waals surface area contributed by atoms with Crippen molar-refractivity contribution in [3.05, 3.63) is 47.8 Å². The molecule has 1 unspecified atom stereocenters. The number of methoxy groups -OCH3 is 2. The van der Waals surface area contributed by atoms with Gasteiger partial charge in [-0.3, -0.25) is 0 Å². The van der Waals surface area contributed by atoms with E-state index in [9.17, 15) is 0 Å². The predicted octanol–water partition coefficient (Wildman–Crippen LogP) is 2.13. The lowest BCUT2D eigenvalue weighted by atomic mass is 10.0. The number of aromatic nitrogens is 2. The van der Waals surface area contributed by atoms with Crippen LogP contribution in [0.15, 0.2) is 36.5 Å². The molecule has 0 aliphatic heterocycles. The number of nitrogens with zero attached hydrogens (tertiary/aromatic N) is 2. The maximum Gasteiger partial charge on any atom is 0.240 e. The molecule has 0 radical (unpaired) electrons. The Morgan fingerprint density at radius 1 is 1.15 bits per heavy atom. The van der Waals surface area contributed by atoms with Gasteiger partial charge >= 0.3 is 0 Å². The SMILES string of the molecule is COc1cnc(C(N)CCc2ccccc2)c(OC)n1. The smallest absolute Gasteiger partial charge is 0.240 e. The third-order valence-corrected chi connectivity index (χ3v) is 3.09. The van der Waals surface area contributed by atoms with E-state index in [1.54, 1.807) is 20.4 Å². The summed E-state index contributed by atoms with van der Waals surface area (Å²) in [7, 11) is 3.09. The number of ether oxygens (including phenoxy) is 2. The Hall–Kier alpha value is -2.14. The lowest BCUT2D eigenvalue weighted by Crippen LogP contribution is -2.15. The Balaban J connectivity index is 2.07. The van der Waals surface area contributed by atoms with Crippen molar-refractivity contribution in [1.82, 2.24) is 9.97 Å². The van der Waals surface area contributed by atoms with E-state index in [4.69, 9.17) is 15.2 Å². The van der Waals surface area contributed by atoms with Crippen LogP contribution in [0.2, 0.25) is 0 Å². The van der Waals surface area contributed by atoms with Crippen LogP contribution in [0.4, 0.5) is 0 Å². The van der Waals surface area contributed by atoms with Crippen molar-refractivity contribution in [1.29, 1.82) is 0 Å². The summed E-state index contributed by atoms with van der Waals surface area (Å²) in [5.41, 5.74) is 8.10. The van der Waals surface area contributed by atoms with Gasteiger partial charge in [-0.2, -0.15) is 4.98 Å². The molecule has 20 heavy (non-hydrogen) atoms. The second-order valence-electron chi connectivity index (χ2n) is 4.44. The van der Waals surface area contributed by atoms with Gasteiger partial charge in [-0.15, -0.1) is 0 Å². The van der Waals surface area contributed by atoms with E-state index >= 15 is 0 Å². The van der Waals surface area contributed by atoms with Crippen LogP contribution in [0.1, 0.15) is 23.7 Å². The molecular weight excluding hydrogens is 254 g/mol. The van der Waals surface area contributed by atoms with Crippen molar-refractivity contribution in [2.45, 2.75) is 18.9 Å². The van der Waals surface area contributed by atoms with Gasteiger partial charge in [0.25, 0.3) is 0 Å². The lowest BCUT2D eigenvalue weighted by Gasteiger charge is -2.14. The van der Waals surface area contributed by atoms with E-state index in [2.05, 4.69) is 22.1 Å². The number of rotatable bonds is 6. The number of benzene rings is 1. The summed E-state index contributed by atoms with van der Waals surface area (Å²) in [6.45, 7) is 0. The van der Waals surface area contributed by atoms with E-state index in [-0.39, 0.29) is 6.04 Å². The molecule has 0 aliphatic carbocycles.